The third kappa shape index (κ3) is 3.91. The third-order valence-electron chi connectivity index (χ3n) is 2.17. The van der Waals surface area contributed by atoms with Gasteiger partial charge in [0.05, 0.1) is 29.3 Å². The standard InChI is InChI=1S/C11H11Cl2NO3/c1-17-11(15)5-4-10(14-16)7-2-3-8(12)9(13)6-7/h2-3,6,16H,4-5H2,1H3/b14-10-. The number of carbonyl (C=O) groups is 1. The molecule has 0 bridgehead atoms. The van der Waals surface area contributed by atoms with E-state index in [1.807, 2.05) is 0 Å². The first kappa shape index (κ1) is 13.8. The normalized spacial score (nSPS) is 11.4. The van der Waals surface area contributed by atoms with Gasteiger partial charge in [-0.15, -0.1) is 0 Å². The zero-order valence-electron chi connectivity index (χ0n) is 9.11. The van der Waals surface area contributed by atoms with E-state index in [9.17, 15) is 4.79 Å². The number of hydrogen-bond donors (Lipinski definition) is 1. The summed E-state index contributed by atoms with van der Waals surface area (Å²) >= 11 is 11.6. The summed E-state index contributed by atoms with van der Waals surface area (Å²) in [5.41, 5.74) is 0.972. The van der Waals surface area contributed by atoms with Gasteiger partial charge < -0.3 is 9.94 Å². The molecule has 0 atom stereocenters. The summed E-state index contributed by atoms with van der Waals surface area (Å²) in [4.78, 5) is 11.0. The lowest BCUT2D eigenvalue weighted by Gasteiger charge is -2.05. The molecular formula is C11H11Cl2NO3. The Kier molecular flexibility index (Phi) is 5.25. The molecule has 0 spiro atoms. The van der Waals surface area contributed by atoms with Crippen LogP contribution in [-0.4, -0.2) is 24.0 Å². The van der Waals surface area contributed by atoms with Crippen LogP contribution < -0.4 is 0 Å². The minimum Gasteiger partial charge on any atom is -0.469 e. The van der Waals surface area contributed by atoms with E-state index in [-0.39, 0.29) is 18.8 Å². The van der Waals surface area contributed by atoms with Gasteiger partial charge in [0.15, 0.2) is 0 Å². The molecule has 0 radical (unpaired) electrons. The van der Waals surface area contributed by atoms with Crippen LogP contribution in [0.3, 0.4) is 0 Å². The second kappa shape index (κ2) is 6.47. The van der Waals surface area contributed by atoms with Gasteiger partial charge in [0.2, 0.25) is 0 Å². The quantitative estimate of drug-likeness (QED) is 0.398. The monoisotopic (exact) mass is 275 g/mol. The van der Waals surface area contributed by atoms with E-state index in [1.54, 1.807) is 18.2 Å². The fourth-order valence-electron chi connectivity index (χ4n) is 1.25. The van der Waals surface area contributed by atoms with E-state index in [4.69, 9.17) is 28.4 Å². The van der Waals surface area contributed by atoms with Crippen molar-refractivity contribution in [3.8, 4) is 0 Å². The molecule has 0 aliphatic heterocycles. The number of ether oxygens (including phenoxy) is 1. The Bertz CT molecular complexity index is 446. The summed E-state index contributed by atoms with van der Waals surface area (Å²) in [7, 11) is 1.30. The van der Waals surface area contributed by atoms with Crippen molar-refractivity contribution in [1.82, 2.24) is 0 Å². The number of rotatable bonds is 4. The number of methoxy groups -OCH3 is 1. The predicted octanol–water partition coefficient (Wildman–Crippen LogP) is 3.12. The number of esters is 1. The molecule has 6 heteroatoms. The molecule has 1 N–H and O–H groups in total. The van der Waals surface area contributed by atoms with Gasteiger partial charge in [-0.2, -0.15) is 0 Å². The number of nitrogens with zero attached hydrogens (tertiary/aromatic N) is 1. The smallest absolute Gasteiger partial charge is 0.305 e. The SMILES string of the molecule is COC(=O)CC/C(=N/O)c1ccc(Cl)c(Cl)c1. The van der Waals surface area contributed by atoms with Crippen molar-refractivity contribution >= 4 is 34.9 Å². The zero-order chi connectivity index (χ0) is 12.8. The van der Waals surface area contributed by atoms with Crippen LogP contribution in [0.4, 0.5) is 0 Å². The average Bonchev–Trinajstić information content (AvgIpc) is 2.33. The van der Waals surface area contributed by atoms with Crippen molar-refractivity contribution in [2.45, 2.75) is 12.8 Å². The molecule has 0 fully saturated rings. The Morgan fingerprint density at radius 2 is 2.06 bits per heavy atom. The van der Waals surface area contributed by atoms with Crippen LogP contribution in [0, 0.1) is 0 Å². The molecule has 92 valence electrons. The first-order valence-electron chi connectivity index (χ1n) is 4.81. The fraction of sp³-hybridized carbons (Fsp3) is 0.273. The van der Waals surface area contributed by atoms with Gasteiger partial charge in [-0.1, -0.05) is 34.4 Å². The Labute approximate surface area is 109 Å². The third-order valence-corrected chi connectivity index (χ3v) is 2.91. The van der Waals surface area contributed by atoms with Gasteiger partial charge in [-0.3, -0.25) is 4.79 Å². The molecular weight excluding hydrogens is 265 g/mol. The molecule has 1 rings (SSSR count). The van der Waals surface area contributed by atoms with E-state index in [0.717, 1.165) is 0 Å². The molecule has 0 saturated carbocycles. The van der Waals surface area contributed by atoms with Crippen molar-refractivity contribution in [1.29, 1.82) is 0 Å². The van der Waals surface area contributed by atoms with Gasteiger partial charge in [0.1, 0.15) is 0 Å². The second-order valence-corrected chi connectivity index (χ2v) is 4.07. The van der Waals surface area contributed by atoms with Crippen molar-refractivity contribution < 1.29 is 14.7 Å². The minimum atomic E-state index is -0.369. The van der Waals surface area contributed by atoms with E-state index in [0.29, 0.717) is 21.3 Å². The van der Waals surface area contributed by atoms with Crippen molar-refractivity contribution in [3.05, 3.63) is 33.8 Å². The van der Waals surface area contributed by atoms with Crippen LogP contribution in [0.1, 0.15) is 18.4 Å². The van der Waals surface area contributed by atoms with Gasteiger partial charge in [-0.25, -0.2) is 0 Å². The Balaban J connectivity index is 2.80. The number of oxime groups is 1. The predicted molar refractivity (Wildman–Crippen MR) is 66.0 cm³/mol. The topological polar surface area (TPSA) is 58.9 Å². The lowest BCUT2D eigenvalue weighted by Crippen LogP contribution is -2.07. The van der Waals surface area contributed by atoms with Crippen LogP contribution in [0.25, 0.3) is 0 Å². The van der Waals surface area contributed by atoms with Gasteiger partial charge in [0.25, 0.3) is 0 Å². The maximum Gasteiger partial charge on any atom is 0.305 e. The molecule has 0 aliphatic rings. The largest absolute Gasteiger partial charge is 0.469 e. The van der Waals surface area contributed by atoms with Crippen LogP contribution >= 0.6 is 23.2 Å². The molecule has 0 aliphatic carbocycles. The summed E-state index contributed by atoms with van der Waals surface area (Å²) < 4.78 is 4.50. The maximum absolute atomic E-state index is 11.0. The fourth-order valence-corrected chi connectivity index (χ4v) is 1.55. The Morgan fingerprint density at radius 3 is 2.59 bits per heavy atom. The molecule has 0 amide bonds. The molecule has 0 unspecified atom stereocenters. The molecule has 17 heavy (non-hydrogen) atoms. The van der Waals surface area contributed by atoms with Crippen LogP contribution in [0.2, 0.25) is 10.0 Å². The van der Waals surface area contributed by atoms with Crippen LogP contribution in [0.5, 0.6) is 0 Å². The number of hydrogen-bond acceptors (Lipinski definition) is 4. The summed E-state index contributed by atoms with van der Waals surface area (Å²) in [5, 5.41) is 12.8. The summed E-state index contributed by atoms with van der Waals surface area (Å²) in [6.07, 6.45) is 0.400. The number of benzene rings is 1. The van der Waals surface area contributed by atoms with E-state index in [1.165, 1.54) is 7.11 Å². The van der Waals surface area contributed by atoms with Crippen molar-refractivity contribution in [3.63, 3.8) is 0 Å². The van der Waals surface area contributed by atoms with Crippen LogP contribution in [0.15, 0.2) is 23.4 Å². The Hall–Kier alpha value is -1.26. The second-order valence-electron chi connectivity index (χ2n) is 3.25. The van der Waals surface area contributed by atoms with Crippen LogP contribution in [-0.2, 0) is 9.53 Å². The number of carbonyl (C=O) groups excluding carboxylic acids is 1. The highest BCUT2D eigenvalue weighted by molar-refractivity contribution is 6.42. The lowest BCUT2D eigenvalue weighted by molar-refractivity contribution is -0.140. The molecule has 0 saturated heterocycles. The first-order valence-corrected chi connectivity index (χ1v) is 5.57. The van der Waals surface area contributed by atoms with E-state index in [2.05, 4.69) is 9.89 Å². The first-order chi connectivity index (χ1) is 8.08. The number of halogens is 2. The average molecular weight is 276 g/mol. The Morgan fingerprint density at radius 1 is 1.35 bits per heavy atom. The molecule has 0 heterocycles. The maximum atomic E-state index is 11.0. The summed E-state index contributed by atoms with van der Waals surface area (Å²) in [6.45, 7) is 0. The van der Waals surface area contributed by atoms with Gasteiger partial charge in [0, 0.05) is 12.0 Å². The van der Waals surface area contributed by atoms with Crippen molar-refractivity contribution in [2.75, 3.05) is 7.11 Å². The zero-order valence-corrected chi connectivity index (χ0v) is 10.6. The summed E-state index contributed by atoms with van der Waals surface area (Å²) in [6, 6.07) is 4.85. The molecule has 1 aromatic rings. The molecule has 1 aromatic carbocycles. The highest BCUT2D eigenvalue weighted by atomic mass is 35.5. The van der Waals surface area contributed by atoms with Crippen molar-refractivity contribution in [2.24, 2.45) is 5.16 Å². The van der Waals surface area contributed by atoms with E-state index >= 15 is 0 Å². The molecule has 0 aromatic heterocycles. The highest BCUT2D eigenvalue weighted by Crippen LogP contribution is 2.23. The van der Waals surface area contributed by atoms with Gasteiger partial charge >= 0.3 is 5.97 Å². The van der Waals surface area contributed by atoms with Gasteiger partial charge in [-0.05, 0) is 12.1 Å². The van der Waals surface area contributed by atoms with E-state index < -0.39 is 0 Å². The molecule has 4 nitrogen and oxygen atoms in total. The minimum absolute atomic E-state index is 0.135. The highest BCUT2D eigenvalue weighted by Gasteiger charge is 2.10. The lowest BCUT2D eigenvalue weighted by atomic mass is 10.1. The summed E-state index contributed by atoms with van der Waals surface area (Å²) in [5.74, 6) is -0.369.